The summed E-state index contributed by atoms with van der Waals surface area (Å²) in [5, 5.41) is 24.3. The molecular formula is C36H61Br2N5O8. The van der Waals surface area contributed by atoms with Crippen LogP contribution in [-0.4, -0.2) is 76.8 Å². The molecule has 13 nitrogen and oxygen atoms in total. The summed E-state index contributed by atoms with van der Waals surface area (Å²) in [6.07, 6.45) is 2.39. The van der Waals surface area contributed by atoms with E-state index < -0.39 is 29.8 Å². The second kappa shape index (κ2) is 31.6. The van der Waals surface area contributed by atoms with Crippen molar-refractivity contribution in [3.8, 4) is 0 Å². The third-order valence-corrected chi connectivity index (χ3v) is 8.93. The van der Waals surface area contributed by atoms with Gasteiger partial charge in [-0.05, 0) is 81.2 Å². The Kier molecular flexibility index (Phi) is 32.3. The van der Waals surface area contributed by atoms with Crippen LogP contribution in [0.2, 0.25) is 0 Å². The zero-order chi connectivity index (χ0) is 40.1. The number of primary amides is 1. The minimum atomic E-state index is -0.795. The van der Waals surface area contributed by atoms with Gasteiger partial charge >= 0.3 is 6.03 Å². The molecule has 2 atom stereocenters. The highest BCUT2D eigenvalue weighted by Crippen LogP contribution is 2.29. The fourth-order valence-corrected chi connectivity index (χ4v) is 5.28. The number of rotatable bonds is 18. The Labute approximate surface area is 321 Å². The standard InChI is InChI=1S/C29H39Br2N5O7.3C2H6.CH4O/c1-17(2)25(35-22(39)8-4-3-5-14-36-27(41)23(30)24(31)28(36)42)21(38)15-19(7-6-13-33-29(32)43)26(40)34-20-11-9-18(16-37)10-12-20;4*1-2/h9-12,17,19,25,37H,3-8,13-16H2,1-2H3,(H,34,40)(H,35,39)(H3,32,33,43);3*1-2H3;2H,1H3/t19-,25+;;;;/m1..../s1. The molecule has 0 saturated carbocycles. The van der Waals surface area contributed by atoms with Gasteiger partial charge in [-0.2, -0.15) is 0 Å². The predicted octanol–water partition coefficient (Wildman–Crippen LogP) is 5.90. The van der Waals surface area contributed by atoms with Gasteiger partial charge in [0, 0.05) is 44.6 Å². The summed E-state index contributed by atoms with van der Waals surface area (Å²) in [6.45, 7) is 16.0. The second-order valence-corrected chi connectivity index (χ2v) is 12.2. The zero-order valence-electron chi connectivity index (χ0n) is 31.7. The van der Waals surface area contributed by atoms with Crippen LogP contribution in [0.4, 0.5) is 10.5 Å². The number of halogens is 2. The molecule has 51 heavy (non-hydrogen) atoms. The van der Waals surface area contributed by atoms with Gasteiger partial charge in [0.1, 0.15) is 8.96 Å². The van der Waals surface area contributed by atoms with Crippen molar-refractivity contribution in [2.75, 3.05) is 25.5 Å². The van der Waals surface area contributed by atoms with E-state index in [4.69, 9.17) is 10.8 Å². The van der Waals surface area contributed by atoms with Gasteiger partial charge in [0.05, 0.1) is 12.6 Å². The lowest BCUT2D eigenvalue weighted by molar-refractivity contribution is -0.137. The van der Waals surface area contributed by atoms with E-state index >= 15 is 0 Å². The average Bonchev–Trinajstić information content (AvgIpc) is 3.32. The Balaban J connectivity index is -0.00000268. The largest absolute Gasteiger partial charge is 0.400 e. The molecule has 0 aromatic heterocycles. The number of nitrogens with zero attached hydrogens (tertiary/aromatic N) is 1. The quantitative estimate of drug-likeness (QED) is 0.0773. The molecule has 1 aromatic rings. The van der Waals surface area contributed by atoms with E-state index in [1.54, 1.807) is 24.3 Å². The number of benzene rings is 1. The Morgan fingerprint density at radius 2 is 1.37 bits per heavy atom. The monoisotopic (exact) mass is 849 g/mol. The Hall–Kier alpha value is -3.14. The molecule has 0 radical (unpaired) electrons. The molecule has 292 valence electrons. The number of anilines is 1. The highest BCUT2D eigenvalue weighted by molar-refractivity contribution is 9.14. The van der Waals surface area contributed by atoms with Gasteiger partial charge in [0.2, 0.25) is 11.8 Å². The molecule has 1 aromatic carbocycles. The fourth-order valence-electron chi connectivity index (χ4n) is 4.51. The first-order valence-electron chi connectivity index (χ1n) is 17.6. The van der Waals surface area contributed by atoms with Crippen molar-refractivity contribution in [1.29, 1.82) is 0 Å². The lowest BCUT2D eigenvalue weighted by atomic mass is 9.89. The number of aliphatic hydroxyl groups is 2. The van der Waals surface area contributed by atoms with Gasteiger partial charge in [0.15, 0.2) is 5.78 Å². The molecule has 0 saturated heterocycles. The molecule has 0 unspecified atom stereocenters. The van der Waals surface area contributed by atoms with Gasteiger partial charge in [-0.25, -0.2) is 4.79 Å². The van der Waals surface area contributed by atoms with Crippen LogP contribution in [0.15, 0.2) is 33.2 Å². The SMILES string of the molecule is CC.CC.CC.CC(C)[C@H](NC(=O)CCCCCN1C(=O)C(Br)=C(Br)C1=O)C(=O)C[C@@H](CCCNC(N)=O)C(=O)Nc1ccc(CO)cc1.CO. The van der Waals surface area contributed by atoms with Crippen LogP contribution >= 0.6 is 31.9 Å². The van der Waals surface area contributed by atoms with Crippen LogP contribution in [0.5, 0.6) is 0 Å². The normalized spacial score (nSPS) is 12.8. The third kappa shape index (κ3) is 20.5. The number of nitrogens with two attached hydrogens (primary N) is 1. The molecule has 0 aliphatic carbocycles. The summed E-state index contributed by atoms with van der Waals surface area (Å²) in [6, 6.07) is 5.19. The molecule has 15 heteroatoms. The van der Waals surface area contributed by atoms with Crippen molar-refractivity contribution in [3.05, 3.63) is 38.8 Å². The van der Waals surface area contributed by atoms with Crippen molar-refractivity contribution in [1.82, 2.24) is 15.5 Å². The molecule has 6 amide bonds. The van der Waals surface area contributed by atoms with E-state index in [9.17, 15) is 33.9 Å². The second-order valence-electron chi connectivity index (χ2n) is 10.6. The van der Waals surface area contributed by atoms with Crippen molar-refractivity contribution < 1.29 is 39.0 Å². The maximum atomic E-state index is 13.4. The third-order valence-electron chi connectivity index (χ3n) is 6.93. The highest BCUT2D eigenvalue weighted by Gasteiger charge is 2.35. The number of hydrogen-bond acceptors (Lipinski definition) is 8. The Bertz CT molecular complexity index is 1200. The maximum Gasteiger partial charge on any atom is 0.312 e. The number of carbonyl (C=O) groups excluding carboxylic acids is 6. The van der Waals surface area contributed by atoms with Gasteiger partial charge in [-0.3, -0.25) is 28.9 Å². The molecule has 0 spiro atoms. The van der Waals surface area contributed by atoms with E-state index in [-0.39, 0.29) is 65.0 Å². The Morgan fingerprint density at radius 3 is 1.84 bits per heavy atom. The number of hydrogen-bond donors (Lipinski definition) is 6. The number of amides is 6. The van der Waals surface area contributed by atoms with Crippen molar-refractivity contribution in [3.63, 3.8) is 0 Å². The minimum Gasteiger partial charge on any atom is -0.400 e. The maximum absolute atomic E-state index is 13.4. The lowest BCUT2D eigenvalue weighted by Gasteiger charge is -2.24. The van der Waals surface area contributed by atoms with E-state index in [1.165, 1.54) is 0 Å². The number of urea groups is 1. The van der Waals surface area contributed by atoms with Crippen LogP contribution in [-0.2, 0) is 30.6 Å². The van der Waals surface area contributed by atoms with E-state index in [2.05, 4.69) is 47.8 Å². The molecule has 1 heterocycles. The molecule has 7 N–H and O–H groups in total. The van der Waals surface area contributed by atoms with Crippen molar-refractivity contribution in [2.45, 2.75) is 113 Å². The Morgan fingerprint density at radius 1 is 0.843 bits per heavy atom. The lowest BCUT2D eigenvalue weighted by Crippen LogP contribution is -2.45. The molecule has 0 fully saturated rings. The van der Waals surface area contributed by atoms with Crippen molar-refractivity contribution >= 4 is 73.0 Å². The van der Waals surface area contributed by atoms with Crippen LogP contribution in [0.25, 0.3) is 0 Å². The van der Waals surface area contributed by atoms with Gasteiger partial charge in [0.25, 0.3) is 11.8 Å². The molecule has 0 bridgehead atoms. The van der Waals surface area contributed by atoms with Gasteiger partial charge in [-0.15, -0.1) is 0 Å². The van der Waals surface area contributed by atoms with Crippen LogP contribution < -0.4 is 21.7 Å². The van der Waals surface area contributed by atoms with Crippen LogP contribution in [0, 0.1) is 11.8 Å². The number of imide groups is 1. The smallest absolute Gasteiger partial charge is 0.312 e. The van der Waals surface area contributed by atoms with Crippen LogP contribution in [0.3, 0.4) is 0 Å². The first-order valence-corrected chi connectivity index (χ1v) is 19.2. The minimum absolute atomic E-state index is 0.114. The zero-order valence-corrected chi connectivity index (χ0v) is 34.9. The first kappa shape index (κ1) is 52.2. The number of carbonyl (C=O) groups is 6. The molecule has 2 rings (SSSR count). The summed E-state index contributed by atoms with van der Waals surface area (Å²) >= 11 is 6.18. The fraction of sp³-hybridized carbons (Fsp3) is 0.611. The summed E-state index contributed by atoms with van der Waals surface area (Å²) in [5.74, 6) is -2.70. The van der Waals surface area contributed by atoms with Gasteiger partial charge < -0.3 is 31.9 Å². The summed E-state index contributed by atoms with van der Waals surface area (Å²) in [5.41, 5.74) is 6.32. The summed E-state index contributed by atoms with van der Waals surface area (Å²) in [4.78, 5) is 75.6. The number of ketones is 1. The van der Waals surface area contributed by atoms with Crippen molar-refractivity contribution in [2.24, 2.45) is 17.6 Å². The first-order chi connectivity index (χ1) is 24.3. The molecule has 1 aliphatic rings. The number of Topliss-reactive ketones (excluding diaryl/α,β-unsaturated/α-hetero) is 1. The van der Waals surface area contributed by atoms with Crippen LogP contribution in [0.1, 0.15) is 106 Å². The van der Waals surface area contributed by atoms with E-state index in [1.807, 2.05) is 55.4 Å². The average molecular weight is 852 g/mol. The number of aliphatic hydroxyl groups excluding tert-OH is 2. The molecule has 1 aliphatic heterocycles. The topological polar surface area (TPSA) is 208 Å². The number of unbranched alkanes of at least 4 members (excludes halogenated alkanes) is 2. The van der Waals surface area contributed by atoms with E-state index in [0.29, 0.717) is 43.4 Å². The predicted molar refractivity (Wildman–Crippen MR) is 210 cm³/mol. The van der Waals surface area contributed by atoms with E-state index in [0.717, 1.165) is 12.0 Å². The summed E-state index contributed by atoms with van der Waals surface area (Å²) < 4.78 is 0.389. The molecular weight excluding hydrogens is 790 g/mol. The van der Waals surface area contributed by atoms with Gasteiger partial charge in [-0.1, -0.05) is 73.9 Å². The summed E-state index contributed by atoms with van der Waals surface area (Å²) in [7, 11) is 1.00. The highest BCUT2D eigenvalue weighted by atomic mass is 79.9. The number of nitrogens with one attached hydrogen (secondary N) is 3.